The van der Waals surface area contributed by atoms with Gasteiger partial charge in [0, 0.05) is 10.9 Å². The van der Waals surface area contributed by atoms with Crippen molar-refractivity contribution >= 4 is 17.2 Å². The van der Waals surface area contributed by atoms with E-state index in [1.807, 2.05) is 35.7 Å². The van der Waals surface area contributed by atoms with E-state index in [1.165, 1.54) is 0 Å². The Bertz CT molecular complexity index is 648. The first-order chi connectivity index (χ1) is 11.1. The Balaban J connectivity index is 1.52. The minimum atomic E-state index is -0.806. The van der Waals surface area contributed by atoms with Gasteiger partial charge >= 0.3 is 0 Å². The van der Waals surface area contributed by atoms with Crippen LogP contribution in [0.2, 0.25) is 0 Å². The van der Waals surface area contributed by atoms with E-state index in [0.717, 1.165) is 48.4 Å². The quantitative estimate of drug-likeness (QED) is 0.882. The molecule has 0 bridgehead atoms. The average Bonchev–Trinajstić information content (AvgIpc) is 3.03. The summed E-state index contributed by atoms with van der Waals surface area (Å²) in [7, 11) is 0. The molecule has 0 atom stereocenters. The molecule has 4 nitrogen and oxygen atoms in total. The molecule has 1 aromatic carbocycles. The number of carbonyl (C=O) groups is 1. The average molecular weight is 330 g/mol. The van der Waals surface area contributed by atoms with Crippen molar-refractivity contribution in [3.63, 3.8) is 0 Å². The second-order valence-electron chi connectivity index (χ2n) is 6.25. The first-order valence-corrected chi connectivity index (χ1v) is 9.02. The van der Waals surface area contributed by atoms with E-state index in [9.17, 15) is 9.90 Å². The fraction of sp³-hybridized carbons (Fsp3) is 0.444. The fourth-order valence-corrected chi connectivity index (χ4v) is 3.86. The highest BCUT2D eigenvalue weighted by Crippen LogP contribution is 2.30. The van der Waals surface area contributed by atoms with Gasteiger partial charge in [0.1, 0.15) is 5.01 Å². The number of hydrogen-bond acceptors (Lipinski definition) is 4. The molecule has 1 aliphatic carbocycles. The molecule has 1 aromatic heterocycles. The van der Waals surface area contributed by atoms with E-state index >= 15 is 0 Å². The fourth-order valence-electron chi connectivity index (χ4n) is 3.04. The predicted molar refractivity (Wildman–Crippen MR) is 92.0 cm³/mol. The Labute approximate surface area is 140 Å². The van der Waals surface area contributed by atoms with Crippen LogP contribution < -0.4 is 5.32 Å². The van der Waals surface area contributed by atoms with Gasteiger partial charge < -0.3 is 10.4 Å². The summed E-state index contributed by atoms with van der Waals surface area (Å²) in [6, 6.07) is 10.0. The van der Waals surface area contributed by atoms with Gasteiger partial charge in [0.05, 0.1) is 24.3 Å². The summed E-state index contributed by atoms with van der Waals surface area (Å²) in [4.78, 5) is 16.6. The van der Waals surface area contributed by atoms with Crippen molar-refractivity contribution in [2.24, 2.45) is 0 Å². The predicted octanol–water partition coefficient (Wildman–Crippen LogP) is 3.51. The molecule has 0 unspecified atom stereocenters. The first kappa shape index (κ1) is 16.1. The second-order valence-corrected chi connectivity index (χ2v) is 7.11. The highest BCUT2D eigenvalue weighted by molar-refractivity contribution is 7.13. The summed E-state index contributed by atoms with van der Waals surface area (Å²) < 4.78 is 0. The van der Waals surface area contributed by atoms with Crippen LogP contribution in [0.25, 0.3) is 10.6 Å². The third-order valence-electron chi connectivity index (χ3n) is 4.31. The molecule has 122 valence electrons. The molecule has 1 fully saturated rings. The first-order valence-electron chi connectivity index (χ1n) is 8.14. The molecule has 2 aromatic rings. The maximum atomic E-state index is 12.1. The Morgan fingerprint density at radius 1 is 1.22 bits per heavy atom. The van der Waals surface area contributed by atoms with Crippen molar-refractivity contribution in [1.82, 2.24) is 10.3 Å². The van der Waals surface area contributed by atoms with Crippen LogP contribution in [0.1, 0.15) is 44.2 Å². The maximum absolute atomic E-state index is 12.1. The van der Waals surface area contributed by atoms with Crippen LogP contribution in [0.5, 0.6) is 0 Å². The van der Waals surface area contributed by atoms with Crippen molar-refractivity contribution in [2.45, 2.75) is 50.7 Å². The van der Waals surface area contributed by atoms with E-state index in [2.05, 4.69) is 10.3 Å². The second kappa shape index (κ2) is 7.23. The molecule has 0 aliphatic heterocycles. The largest absolute Gasteiger partial charge is 0.389 e. The summed E-state index contributed by atoms with van der Waals surface area (Å²) in [5, 5.41) is 16.2. The Morgan fingerprint density at radius 3 is 2.70 bits per heavy atom. The molecular formula is C18H22N2O2S. The number of amides is 1. The molecule has 23 heavy (non-hydrogen) atoms. The van der Waals surface area contributed by atoms with Crippen LogP contribution in [0.4, 0.5) is 0 Å². The molecule has 1 saturated carbocycles. The number of benzene rings is 1. The summed E-state index contributed by atoms with van der Waals surface area (Å²) >= 11 is 1.58. The SMILES string of the molecule is O=C(CC1(O)CCCCC1)NCc1csc(-c2ccccc2)n1. The molecule has 3 rings (SSSR count). The Hall–Kier alpha value is -1.72. The molecule has 1 amide bonds. The van der Waals surface area contributed by atoms with Crippen LogP contribution in [0.3, 0.4) is 0 Å². The third-order valence-corrected chi connectivity index (χ3v) is 5.25. The van der Waals surface area contributed by atoms with Gasteiger partial charge in [0.15, 0.2) is 0 Å². The van der Waals surface area contributed by atoms with Crippen LogP contribution in [0, 0.1) is 0 Å². The normalized spacial score (nSPS) is 16.9. The summed E-state index contributed by atoms with van der Waals surface area (Å²) in [5.41, 5.74) is 1.14. The molecule has 0 spiro atoms. The molecule has 0 saturated heterocycles. The third kappa shape index (κ3) is 4.39. The number of aliphatic hydroxyl groups is 1. The van der Waals surface area contributed by atoms with Crippen molar-refractivity contribution in [2.75, 3.05) is 0 Å². The van der Waals surface area contributed by atoms with Crippen LogP contribution >= 0.6 is 11.3 Å². The van der Waals surface area contributed by atoms with Gasteiger partial charge in [-0.2, -0.15) is 0 Å². The Kier molecular flexibility index (Phi) is 5.08. The van der Waals surface area contributed by atoms with E-state index in [-0.39, 0.29) is 12.3 Å². The zero-order valence-electron chi connectivity index (χ0n) is 13.1. The van der Waals surface area contributed by atoms with Crippen molar-refractivity contribution in [1.29, 1.82) is 0 Å². The summed E-state index contributed by atoms with van der Waals surface area (Å²) in [6.45, 7) is 0.415. The van der Waals surface area contributed by atoms with E-state index in [1.54, 1.807) is 11.3 Å². The Morgan fingerprint density at radius 2 is 1.96 bits per heavy atom. The number of carbonyl (C=O) groups excluding carboxylic acids is 1. The monoisotopic (exact) mass is 330 g/mol. The number of nitrogens with zero attached hydrogens (tertiary/aromatic N) is 1. The number of thiazole rings is 1. The molecular weight excluding hydrogens is 308 g/mol. The van der Waals surface area contributed by atoms with Gasteiger partial charge in [-0.1, -0.05) is 49.6 Å². The summed E-state index contributed by atoms with van der Waals surface area (Å²) in [6.07, 6.45) is 4.84. The highest BCUT2D eigenvalue weighted by atomic mass is 32.1. The lowest BCUT2D eigenvalue weighted by Crippen LogP contribution is -2.38. The van der Waals surface area contributed by atoms with E-state index in [4.69, 9.17) is 0 Å². The molecule has 5 heteroatoms. The topological polar surface area (TPSA) is 62.2 Å². The molecule has 0 radical (unpaired) electrons. The van der Waals surface area contributed by atoms with Gasteiger partial charge in [-0.05, 0) is 12.8 Å². The zero-order valence-corrected chi connectivity index (χ0v) is 13.9. The van der Waals surface area contributed by atoms with Crippen LogP contribution in [-0.2, 0) is 11.3 Å². The van der Waals surface area contributed by atoms with Crippen molar-refractivity contribution in [3.8, 4) is 10.6 Å². The molecule has 1 aliphatic rings. The van der Waals surface area contributed by atoms with Gasteiger partial charge in [0.2, 0.25) is 5.91 Å². The van der Waals surface area contributed by atoms with Crippen LogP contribution in [-0.4, -0.2) is 21.6 Å². The van der Waals surface area contributed by atoms with Crippen LogP contribution in [0.15, 0.2) is 35.7 Å². The maximum Gasteiger partial charge on any atom is 0.223 e. The van der Waals surface area contributed by atoms with E-state index < -0.39 is 5.60 Å². The zero-order chi connectivity index (χ0) is 16.1. The lowest BCUT2D eigenvalue weighted by molar-refractivity contribution is -0.127. The van der Waals surface area contributed by atoms with Gasteiger partial charge in [-0.15, -0.1) is 11.3 Å². The number of rotatable bonds is 5. The number of hydrogen-bond donors (Lipinski definition) is 2. The van der Waals surface area contributed by atoms with Crippen molar-refractivity contribution < 1.29 is 9.90 Å². The standard InChI is InChI=1S/C18H22N2O2S/c21-16(11-18(22)9-5-2-6-10-18)19-12-15-13-23-17(20-15)14-7-3-1-4-8-14/h1,3-4,7-8,13,22H,2,5-6,9-12H2,(H,19,21). The molecule has 2 N–H and O–H groups in total. The minimum absolute atomic E-state index is 0.0938. The lowest BCUT2D eigenvalue weighted by atomic mass is 9.82. The van der Waals surface area contributed by atoms with Gasteiger partial charge in [-0.3, -0.25) is 4.79 Å². The highest BCUT2D eigenvalue weighted by Gasteiger charge is 2.31. The summed E-state index contributed by atoms with van der Waals surface area (Å²) in [5.74, 6) is -0.0938. The molecule has 1 heterocycles. The minimum Gasteiger partial charge on any atom is -0.389 e. The number of nitrogens with one attached hydrogen (secondary N) is 1. The van der Waals surface area contributed by atoms with Gasteiger partial charge in [0.25, 0.3) is 0 Å². The van der Waals surface area contributed by atoms with Crippen molar-refractivity contribution in [3.05, 3.63) is 41.4 Å². The smallest absolute Gasteiger partial charge is 0.223 e. The van der Waals surface area contributed by atoms with E-state index in [0.29, 0.717) is 6.54 Å². The van der Waals surface area contributed by atoms with Gasteiger partial charge in [-0.25, -0.2) is 4.98 Å². The lowest BCUT2D eigenvalue weighted by Gasteiger charge is -2.31. The number of aromatic nitrogens is 1.